The number of thioether (sulfide) groups is 1. The van der Waals surface area contributed by atoms with E-state index >= 15 is 0 Å². The largest absolute Gasteiger partial charge is 0.497 e. The predicted molar refractivity (Wildman–Crippen MR) is 158 cm³/mol. The third kappa shape index (κ3) is 8.90. The Balaban J connectivity index is 1.59. The van der Waals surface area contributed by atoms with Gasteiger partial charge in [0, 0.05) is 28.6 Å². The molecule has 0 bridgehead atoms. The van der Waals surface area contributed by atoms with Gasteiger partial charge in [-0.15, -0.1) is 0 Å². The summed E-state index contributed by atoms with van der Waals surface area (Å²) in [7, 11) is 1.59. The first-order chi connectivity index (χ1) is 18.4. The summed E-state index contributed by atoms with van der Waals surface area (Å²) < 4.78 is 5.13. The van der Waals surface area contributed by atoms with Crippen molar-refractivity contribution in [2.45, 2.75) is 19.6 Å². The zero-order chi connectivity index (χ0) is 27.3. The summed E-state index contributed by atoms with van der Waals surface area (Å²) in [5.74, 6) is 1.87. The first-order valence-electron chi connectivity index (χ1n) is 12.4. The Labute approximate surface area is 233 Å². The summed E-state index contributed by atoms with van der Waals surface area (Å²) in [4.78, 5) is 28.1. The maximum Gasteiger partial charge on any atom is 0.273 e. The highest BCUT2D eigenvalue weighted by Gasteiger charge is 2.15. The summed E-state index contributed by atoms with van der Waals surface area (Å²) in [5.41, 5.74) is 5.48. The standard InChI is InChI=1S/C29H33ClN4O3S/c1-4-34(5-2)16-17-38-20-22-6-10-23(11-7-22)28(35)32-27-15-12-24(30)18-26(27)29(36)33-31-19-21-8-13-25(37-3)14-9-21/h6-15,18-19H,4-5,16-17,20H2,1-3H3,(H,32,35)(H,33,36). The van der Waals surface area contributed by atoms with Gasteiger partial charge in [0.25, 0.3) is 11.8 Å². The fourth-order valence-corrected chi connectivity index (χ4v) is 4.73. The Bertz CT molecular complexity index is 1230. The van der Waals surface area contributed by atoms with E-state index in [0.29, 0.717) is 16.3 Å². The van der Waals surface area contributed by atoms with E-state index in [1.807, 2.05) is 36.0 Å². The number of hydrogen-bond acceptors (Lipinski definition) is 6. The van der Waals surface area contributed by atoms with Gasteiger partial charge in [-0.05, 0) is 78.8 Å². The molecule has 3 rings (SSSR count). The first kappa shape index (κ1) is 29.2. The quantitative estimate of drug-likeness (QED) is 0.156. The lowest BCUT2D eigenvalue weighted by atomic mass is 10.1. The highest BCUT2D eigenvalue weighted by atomic mass is 35.5. The second kappa shape index (κ2) is 15.2. The Morgan fingerprint density at radius 1 is 1.00 bits per heavy atom. The van der Waals surface area contributed by atoms with Crippen LogP contribution in [0, 0.1) is 0 Å². The second-order valence-electron chi connectivity index (χ2n) is 8.39. The molecular formula is C29H33ClN4O3S. The third-order valence-corrected chi connectivity index (χ3v) is 7.14. The van der Waals surface area contributed by atoms with Gasteiger partial charge in [-0.2, -0.15) is 16.9 Å². The molecule has 9 heteroatoms. The molecule has 0 radical (unpaired) electrons. The molecule has 0 atom stereocenters. The molecule has 0 saturated heterocycles. The minimum absolute atomic E-state index is 0.207. The molecule has 0 unspecified atom stereocenters. The van der Waals surface area contributed by atoms with Crippen molar-refractivity contribution in [1.29, 1.82) is 0 Å². The van der Waals surface area contributed by atoms with Gasteiger partial charge in [-0.3, -0.25) is 9.59 Å². The second-order valence-corrected chi connectivity index (χ2v) is 9.93. The fourth-order valence-electron chi connectivity index (χ4n) is 3.60. The Morgan fingerprint density at radius 3 is 2.37 bits per heavy atom. The number of rotatable bonds is 13. The smallest absolute Gasteiger partial charge is 0.273 e. The summed E-state index contributed by atoms with van der Waals surface area (Å²) in [6.07, 6.45) is 1.52. The maximum absolute atomic E-state index is 12.9. The van der Waals surface area contributed by atoms with Gasteiger partial charge in [0.15, 0.2) is 0 Å². The van der Waals surface area contributed by atoms with Gasteiger partial charge in [-0.1, -0.05) is 37.6 Å². The lowest BCUT2D eigenvalue weighted by Gasteiger charge is -2.17. The van der Waals surface area contributed by atoms with Crippen LogP contribution in [0.15, 0.2) is 71.8 Å². The monoisotopic (exact) mass is 552 g/mol. The number of methoxy groups -OCH3 is 1. The Kier molecular flexibility index (Phi) is 11.7. The van der Waals surface area contributed by atoms with E-state index in [2.05, 4.69) is 34.6 Å². The lowest BCUT2D eigenvalue weighted by Crippen LogP contribution is -2.25. The highest BCUT2D eigenvalue weighted by molar-refractivity contribution is 7.98. The SMILES string of the molecule is CCN(CC)CCSCc1ccc(C(=O)Nc2ccc(Cl)cc2C(=O)NN=Cc2ccc(OC)cc2)cc1. The average Bonchev–Trinajstić information content (AvgIpc) is 2.94. The lowest BCUT2D eigenvalue weighted by molar-refractivity contribution is 0.0956. The molecule has 0 fully saturated rings. The van der Waals surface area contributed by atoms with Crippen LogP contribution in [0.3, 0.4) is 0 Å². The van der Waals surface area contributed by atoms with Crippen LogP contribution in [-0.2, 0) is 5.75 Å². The van der Waals surface area contributed by atoms with E-state index in [0.717, 1.165) is 48.0 Å². The van der Waals surface area contributed by atoms with Crippen LogP contribution in [0.2, 0.25) is 5.02 Å². The summed E-state index contributed by atoms with van der Waals surface area (Å²) in [6.45, 7) is 7.55. The third-order valence-electron chi connectivity index (χ3n) is 5.90. The number of halogens is 1. The van der Waals surface area contributed by atoms with E-state index in [-0.39, 0.29) is 11.5 Å². The normalized spacial score (nSPS) is 11.1. The molecule has 2 amide bonds. The molecule has 0 aliphatic rings. The van der Waals surface area contributed by atoms with Gasteiger partial charge in [0.05, 0.1) is 24.6 Å². The number of nitrogens with zero attached hydrogens (tertiary/aromatic N) is 2. The van der Waals surface area contributed by atoms with Crippen LogP contribution < -0.4 is 15.5 Å². The number of benzene rings is 3. The molecule has 0 aliphatic heterocycles. The van der Waals surface area contributed by atoms with Crippen molar-refractivity contribution in [3.63, 3.8) is 0 Å². The van der Waals surface area contributed by atoms with E-state index in [1.165, 1.54) is 12.3 Å². The summed E-state index contributed by atoms with van der Waals surface area (Å²) in [5, 5.41) is 7.20. The number of carbonyl (C=O) groups is 2. The average molecular weight is 553 g/mol. The highest BCUT2D eigenvalue weighted by Crippen LogP contribution is 2.22. The van der Waals surface area contributed by atoms with Crippen molar-refractivity contribution in [3.8, 4) is 5.75 Å². The van der Waals surface area contributed by atoms with Gasteiger partial charge >= 0.3 is 0 Å². The maximum atomic E-state index is 12.9. The van der Waals surface area contributed by atoms with Crippen LogP contribution in [0.4, 0.5) is 5.69 Å². The summed E-state index contributed by atoms with van der Waals surface area (Å²) in [6, 6.07) is 19.5. The van der Waals surface area contributed by atoms with E-state index < -0.39 is 5.91 Å². The van der Waals surface area contributed by atoms with Crippen molar-refractivity contribution in [2.24, 2.45) is 5.10 Å². The van der Waals surface area contributed by atoms with Crippen LogP contribution in [0.5, 0.6) is 5.75 Å². The molecule has 0 saturated carbocycles. The zero-order valence-corrected chi connectivity index (χ0v) is 23.4. The van der Waals surface area contributed by atoms with Crippen LogP contribution >= 0.6 is 23.4 Å². The number of hydrazone groups is 1. The van der Waals surface area contributed by atoms with E-state index in [4.69, 9.17) is 16.3 Å². The molecule has 200 valence electrons. The number of anilines is 1. The van der Waals surface area contributed by atoms with Crippen LogP contribution in [0.25, 0.3) is 0 Å². The van der Waals surface area contributed by atoms with Crippen molar-refractivity contribution < 1.29 is 14.3 Å². The number of carbonyl (C=O) groups excluding carboxylic acids is 2. The molecule has 0 heterocycles. The van der Waals surface area contributed by atoms with Crippen LogP contribution in [-0.4, -0.2) is 55.4 Å². The molecule has 0 aromatic heterocycles. The van der Waals surface area contributed by atoms with Crippen molar-refractivity contribution >= 4 is 47.1 Å². The molecule has 0 spiro atoms. The van der Waals surface area contributed by atoms with Gasteiger partial charge in [-0.25, -0.2) is 5.43 Å². The number of nitrogens with one attached hydrogen (secondary N) is 2. The number of hydrogen-bond donors (Lipinski definition) is 2. The molecule has 0 aliphatic carbocycles. The molecule has 3 aromatic rings. The van der Waals surface area contributed by atoms with Crippen molar-refractivity contribution in [3.05, 3.63) is 94.0 Å². The molecule has 38 heavy (non-hydrogen) atoms. The first-order valence-corrected chi connectivity index (χ1v) is 13.9. The fraction of sp³-hybridized carbons (Fsp3) is 0.276. The molecule has 2 N–H and O–H groups in total. The van der Waals surface area contributed by atoms with Gasteiger partial charge < -0.3 is 15.0 Å². The minimum atomic E-state index is -0.496. The Morgan fingerprint density at radius 2 is 1.71 bits per heavy atom. The molecule has 7 nitrogen and oxygen atoms in total. The van der Waals surface area contributed by atoms with Gasteiger partial charge in [0.2, 0.25) is 0 Å². The minimum Gasteiger partial charge on any atom is -0.497 e. The van der Waals surface area contributed by atoms with Crippen molar-refractivity contribution in [1.82, 2.24) is 10.3 Å². The van der Waals surface area contributed by atoms with E-state index in [1.54, 1.807) is 43.5 Å². The number of amides is 2. The molecule has 3 aromatic carbocycles. The van der Waals surface area contributed by atoms with Crippen LogP contribution in [0.1, 0.15) is 45.7 Å². The topological polar surface area (TPSA) is 83.0 Å². The Hall–Kier alpha value is -3.33. The van der Waals surface area contributed by atoms with Crippen molar-refractivity contribution in [2.75, 3.05) is 37.8 Å². The zero-order valence-electron chi connectivity index (χ0n) is 21.9. The number of ether oxygens (including phenoxy) is 1. The molecular weight excluding hydrogens is 520 g/mol. The summed E-state index contributed by atoms with van der Waals surface area (Å²) >= 11 is 8.01. The van der Waals surface area contributed by atoms with E-state index in [9.17, 15) is 9.59 Å². The van der Waals surface area contributed by atoms with Gasteiger partial charge in [0.1, 0.15) is 5.75 Å². The predicted octanol–water partition coefficient (Wildman–Crippen LogP) is 5.94.